The molecule has 0 spiro atoms. The van der Waals surface area contributed by atoms with Crippen molar-refractivity contribution in [3.8, 4) is 0 Å². The number of nitrogens with zero attached hydrogens (tertiary/aromatic N) is 1. The SMILES string of the molecule is CC(=O)N(CC(=O)NCCC(C)C)c1ccc(F)c(Cl)c1. The Morgan fingerprint density at radius 3 is 2.57 bits per heavy atom. The number of benzene rings is 1. The van der Waals surface area contributed by atoms with E-state index in [4.69, 9.17) is 11.6 Å². The molecule has 0 aliphatic heterocycles. The minimum Gasteiger partial charge on any atom is -0.355 e. The van der Waals surface area contributed by atoms with Crippen molar-refractivity contribution in [1.29, 1.82) is 0 Å². The lowest BCUT2D eigenvalue weighted by atomic mass is 10.1. The third kappa shape index (κ3) is 5.71. The van der Waals surface area contributed by atoms with Crippen molar-refractivity contribution in [2.75, 3.05) is 18.0 Å². The summed E-state index contributed by atoms with van der Waals surface area (Å²) in [5, 5.41) is 2.67. The number of hydrogen-bond acceptors (Lipinski definition) is 2. The second kappa shape index (κ2) is 7.98. The molecule has 4 nitrogen and oxygen atoms in total. The van der Waals surface area contributed by atoms with Gasteiger partial charge >= 0.3 is 0 Å². The number of rotatable bonds is 6. The number of carbonyl (C=O) groups is 2. The number of carbonyl (C=O) groups excluding carboxylic acids is 2. The summed E-state index contributed by atoms with van der Waals surface area (Å²) in [6.07, 6.45) is 0.869. The van der Waals surface area contributed by atoms with Crippen LogP contribution in [0, 0.1) is 11.7 Å². The monoisotopic (exact) mass is 314 g/mol. The topological polar surface area (TPSA) is 49.4 Å². The van der Waals surface area contributed by atoms with Crippen molar-refractivity contribution in [2.45, 2.75) is 27.2 Å². The number of nitrogens with one attached hydrogen (secondary N) is 1. The molecule has 21 heavy (non-hydrogen) atoms. The van der Waals surface area contributed by atoms with E-state index < -0.39 is 5.82 Å². The van der Waals surface area contributed by atoms with E-state index in [0.717, 1.165) is 6.42 Å². The molecular formula is C15H20ClFN2O2. The summed E-state index contributed by atoms with van der Waals surface area (Å²) in [5.74, 6) is -0.640. The predicted molar refractivity (Wildman–Crippen MR) is 81.9 cm³/mol. The fourth-order valence-electron chi connectivity index (χ4n) is 1.74. The summed E-state index contributed by atoms with van der Waals surface area (Å²) >= 11 is 5.70. The van der Waals surface area contributed by atoms with Gasteiger partial charge in [0.25, 0.3) is 0 Å². The maximum absolute atomic E-state index is 13.2. The van der Waals surface area contributed by atoms with Gasteiger partial charge in [-0.3, -0.25) is 9.59 Å². The highest BCUT2D eigenvalue weighted by atomic mass is 35.5. The van der Waals surface area contributed by atoms with E-state index in [0.29, 0.717) is 18.2 Å². The minimum atomic E-state index is -0.565. The van der Waals surface area contributed by atoms with Crippen molar-refractivity contribution in [3.63, 3.8) is 0 Å². The van der Waals surface area contributed by atoms with Crippen LogP contribution in [0.3, 0.4) is 0 Å². The van der Waals surface area contributed by atoms with E-state index in [9.17, 15) is 14.0 Å². The molecule has 0 aromatic heterocycles. The van der Waals surface area contributed by atoms with E-state index in [1.54, 1.807) is 0 Å². The third-order valence-corrected chi connectivity index (χ3v) is 3.23. The summed E-state index contributed by atoms with van der Waals surface area (Å²) in [4.78, 5) is 24.8. The van der Waals surface area contributed by atoms with E-state index >= 15 is 0 Å². The minimum absolute atomic E-state index is 0.0843. The van der Waals surface area contributed by atoms with Crippen LogP contribution >= 0.6 is 11.6 Å². The lowest BCUT2D eigenvalue weighted by Gasteiger charge is -2.21. The van der Waals surface area contributed by atoms with Crippen LogP contribution < -0.4 is 10.2 Å². The average molecular weight is 315 g/mol. The fourth-order valence-corrected chi connectivity index (χ4v) is 1.91. The highest BCUT2D eigenvalue weighted by Gasteiger charge is 2.16. The van der Waals surface area contributed by atoms with Gasteiger partial charge in [-0.15, -0.1) is 0 Å². The summed E-state index contributed by atoms with van der Waals surface area (Å²) in [7, 11) is 0. The highest BCUT2D eigenvalue weighted by molar-refractivity contribution is 6.31. The summed E-state index contributed by atoms with van der Waals surface area (Å²) in [6, 6.07) is 3.92. The Morgan fingerprint density at radius 2 is 2.05 bits per heavy atom. The van der Waals surface area contributed by atoms with E-state index in [1.807, 2.05) is 0 Å². The maximum atomic E-state index is 13.2. The quantitative estimate of drug-likeness (QED) is 0.877. The standard InChI is InChI=1S/C15H20ClFN2O2/c1-10(2)6-7-18-15(21)9-19(11(3)20)12-4-5-14(17)13(16)8-12/h4-5,8,10H,6-7,9H2,1-3H3,(H,18,21). The number of anilines is 1. The smallest absolute Gasteiger partial charge is 0.240 e. The lowest BCUT2D eigenvalue weighted by molar-refractivity contribution is -0.123. The molecule has 0 aliphatic carbocycles. The van der Waals surface area contributed by atoms with Crippen LogP contribution in [0.5, 0.6) is 0 Å². The van der Waals surface area contributed by atoms with Gasteiger partial charge in [0.15, 0.2) is 0 Å². The first-order valence-electron chi connectivity index (χ1n) is 6.81. The molecule has 6 heteroatoms. The van der Waals surface area contributed by atoms with Crippen LogP contribution in [-0.2, 0) is 9.59 Å². The second-order valence-electron chi connectivity index (χ2n) is 5.24. The Morgan fingerprint density at radius 1 is 1.38 bits per heavy atom. The Bertz CT molecular complexity index is 520. The number of hydrogen-bond donors (Lipinski definition) is 1. The molecule has 1 aromatic carbocycles. The Balaban J connectivity index is 2.71. The Hall–Kier alpha value is -1.62. The van der Waals surface area contributed by atoms with Crippen LogP contribution in [0.4, 0.5) is 10.1 Å². The molecule has 0 fully saturated rings. The van der Waals surface area contributed by atoms with Gasteiger partial charge in [-0.2, -0.15) is 0 Å². The predicted octanol–water partition coefficient (Wildman–Crippen LogP) is 2.99. The molecule has 0 heterocycles. The van der Waals surface area contributed by atoms with Crippen molar-refractivity contribution >= 4 is 29.1 Å². The van der Waals surface area contributed by atoms with Crippen molar-refractivity contribution < 1.29 is 14.0 Å². The largest absolute Gasteiger partial charge is 0.355 e. The molecule has 0 atom stereocenters. The molecule has 2 amide bonds. The lowest BCUT2D eigenvalue weighted by Crippen LogP contribution is -2.40. The summed E-state index contributed by atoms with van der Waals surface area (Å²) in [5.41, 5.74) is 0.396. The zero-order valence-electron chi connectivity index (χ0n) is 12.5. The van der Waals surface area contributed by atoms with Gasteiger partial charge in [-0.05, 0) is 30.5 Å². The first-order valence-corrected chi connectivity index (χ1v) is 7.19. The first-order chi connectivity index (χ1) is 9.81. The van der Waals surface area contributed by atoms with Crippen LogP contribution in [0.15, 0.2) is 18.2 Å². The number of halogens is 2. The Kier molecular flexibility index (Phi) is 6.62. The van der Waals surface area contributed by atoms with Crippen molar-refractivity contribution in [2.24, 2.45) is 5.92 Å². The van der Waals surface area contributed by atoms with Crippen LogP contribution in [-0.4, -0.2) is 24.9 Å². The Labute approximate surface area is 129 Å². The van der Waals surface area contributed by atoms with Crippen LogP contribution in [0.2, 0.25) is 5.02 Å². The molecular weight excluding hydrogens is 295 g/mol. The van der Waals surface area contributed by atoms with Crippen molar-refractivity contribution in [3.05, 3.63) is 29.0 Å². The maximum Gasteiger partial charge on any atom is 0.240 e. The van der Waals surface area contributed by atoms with Gasteiger partial charge < -0.3 is 10.2 Å². The molecule has 1 N–H and O–H groups in total. The molecule has 0 unspecified atom stereocenters. The zero-order chi connectivity index (χ0) is 16.0. The van der Waals surface area contributed by atoms with Gasteiger partial charge in [0, 0.05) is 19.2 Å². The van der Waals surface area contributed by atoms with Gasteiger partial charge in [0.1, 0.15) is 12.4 Å². The molecule has 0 saturated heterocycles. The average Bonchev–Trinajstić information content (AvgIpc) is 2.38. The fraction of sp³-hybridized carbons (Fsp3) is 0.467. The van der Waals surface area contributed by atoms with Gasteiger partial charge in [0.2, 0.25) is 11.8 Å². The first kappa shape index (κ1) is 17.4. The third-order valence-electron chi connectivity index (χ3n) is 2.94. The van der Waals surface area contributed by atoms with E-state index in [-0.39, 0.29) is 23.4 Å². The van der Waals surface area contributed by atoms with E-state index in [2.05, 4.69) is 19.2 Å². The van der Waals surface area contributed by atoms with E-state index in [1.165, 1.54) is 30.0 Å². The van der Waals surface area contributed by atoms with Crippen molar-refractivity contribution in [1.82, 2.24) is 5.32 Å². The van der Waals surface area contributed by atoms with Crippen LogP contribution in [0.25, 0.3) is 0 Å². The molecule has 0 aliphatic rings. The number of amides is 2. The molecule has 0 bridgehead atoms. The van der Waals surface area contributed by atoms with Gasteiger partial charge in [0.05, 0.1) is 5.02 Å². The molecule has 0 radical (unpaired) electrons. The van der Waals surface area contributed by atoms with Gasteiger partial charge in [-0.25, -0.2) is 4.39 Å². The van der Waals surface area contributed by atoms with Crippen LogP contribution in [0.1, 0.15) is 27.2 Å². The van der Waals surface area contributed by atoms with Gasteiger partial charge in [-0.1, -0.05) is 25.4 Å². The molecule has 116 valence electrons. The molecule has 1 aromatic rings. The summed E-state index contributed by atoms with van der Waals surface area (Å²) in [6.45, 7) is 5.92. The normalized spacial score (nSPS) is 10.6. The highest BCUT2D eigenvalue weighted by Crippen LogP contribution is 2.22. The molecule has 1 rings (SSSR count). The zero-order valence-corrected chi connectivity index (χ0v) is 13.2. The molecule has 0 saturated carbocycles. The summed E-state index contributed by atoms with van der Waals surface area (Å²) < 4.78 is 13.2. The second-order valence-corrected chi connectivity index (χ2v) is 5.64.